The van der Waals surface area contributed by atoms with Gasteiger partial charge in [-0.25, -0.2) is 0 Å². The third-order valence-electron chi connectivity index (χ3n) is 2.35. The van der Waals surface area contributed by atoms with Gasteiger partial charge in [0.25, 0.3) is 0 Å². The number of aryl methyl sites for hydroxylation is 1. The van der Waals surface area contributed by atoms with Crippen molar-refractivity contribution in [2.75, 3.05) is 19.6 Å². The van der Waals surface area contributed by atoms with Gasteiger partial charge in [0.1, 0.15) is 0 Å². The van der Waals surface area contributed by atoms with Gasteiger partial charge in [-0.1, -0.05) is 24.6 Å². The fourth-order valence-corrected chi connectivity index (χ4v) is 1.66. The van der Waals surface area contributed by atoms with Crippen LogP contribution in [0.4, 0.5) is 0 Å². The largest absolute Gasteiger partial charge is 0.316 e. The summed E-state index contributed by atoms with van der Waals surface area (Å²) < 4.78 is 0. The molecule has 0 fully saturated rings. The summed E-state index contributed by atoms with van der Waals surface area (Å²) >= 11 is 5.89. The molecule has 0 amide bonds. The van der Waals surface area contributed by atoms with Crippen LogP contribution in [0.2, 0.25) is 5.02 Å². The molecule has 1 aromatic carbocycles. The number of benzene rings is 1. The molecule has 0 radical (unpaired) electrons. The Kier molecular flexibility index (Phi) is 5.69. The second-order valence-electron chi connectivity index (χ2n) is 3.60. The van der Waals surface area contributed by atoms with Crippen LogP contribution in [-0.2, 0) is 6.54 Å². The first-order valence-electron chi connectivity index (χ1n) is 5.40. The fraction of sp³-hybridized carbons (Fsp3) is 0.500. The Balaban J connectivity index is 2.31. The summed E-state index contributed by atoms with van der Waals surface area (Å²) in [5, 5.41) is 7.48. The van der Waals surface area contributed by atoms with E-state index in [-0.39, 0.29) is 0 Å². The minimum Gasteiger partial charge on any atom is -0.316 e. The van der Waals surface area contributed by atoms with Crippen LogP contribution >= 0.6 is 11.6 Å². The second-order valence-corrected chi connectivity index (χ2v) is 4.04. The SMILES string of the molecule is CCNCCNCc1ccc(Cl)cc1C. The van der Waals surface area contributed by atoms with Gasteiger partial charge in [0.2, 0.25) is 0 Å². The van der Waals surface area contributed by atoms with Gasteiger partial charge >= 0.3 is 0 Å². The summed E-state index contributed by atoms with van der Waals surface area (Å²) in [7, 11) is 0. The maximum Gasteiger partial charge on any atom is 0.0408 e. The molecule has 0 aromatic heterocycles. The van der Waals surface area contributed by atoms with Crippen LogP contribution in [0.1, 0.15) is 18.1 Å². The van der Waals surface area contributed by atoms with Crippen molar-refractivity contribution in [3.8, 4) is 0 Å². The summed E-state index contributed by atoms with van der Waals surface area (Å²) in [5.74, 6) is 0. The summed E-state index contributed by atoms with van der Waals surface area (Å²) in [4.78, 5) is 0. The second kappa shape index (κ2) is 6.83. The smallest absolute Gasteiger partial charge is 0.0408 e. The first kappa shape index (κ1) is 12.5. The lowest BCUT2D eigenvalue weighted by Crippen LogP contribution is -2.26. The van der Waals surface area contributed by atoms with Crippen molar-refractivity contribution in [1.29, 1.82) is 0 Å². The molecule has 1 aromatic rings. The van der Waals surface area contributed by atoms with Crippen LogP contribution in [0.25, 0.3) is 0 Å². The Morgan fingerprint density at radius 3 is 2.60 bits per heavy atom. The van der Waals surface area contributed by atoms with Crippen LogP contribution in [0.15, 0.2) is 18.2 Å². The van der Waals surface area contributed by atoms with Crippen LogP contribution in [0, 0.1) is 6.92 Å². The van der Waals surface area contributed by atoms with Crippen LogP contribution in [0.5, 0.6) is 0 Å². The molecule has 0 aliphatic rings. The topological polar surface area (TPSA) is 24.1 Å². The zero-order valence-corrected chi connectivity index (χ0v) is 10.2. The molecular weight excluding hydrogens is 208 g/mol. The normalized spacial score (nSPS) is 10.6. The van der Waals surface area contributed by atoms with Crippen LogP contribution in [0.3, 0.4) is 0 Å². The minimum absolute atomic E-state index is 0.809. The molecule has 3 heteroatoms. The van der Waals surface area contributed by atoms with E-state index in [9.17, 15) is 0 Å². The lowest BCUT2D eigenvalue weighted by Gasteiger charge is -2.08. The third-order valence-corrected chi connectivity index (χ3v) is 2.58. The fourth-order valence-electron chi connectivity index (χ4n) is 1.43. The van der Waals surface area contributed by atoms with Gasteiger partial charge in [-0.3, -0.25) is 0 Å². The molecule has 0 heterocycles. The highest BCUT2D eigenvalue weighted by Gasteiger charge is 1.98. The van der Waals surface area contributed by atoms with Crippen molar-refractivity contribution in [3.63, 3.8) is 0 Å². The van der Waals surface area contributed by atoms with Crippen molar-refractivity contribution in [2.45, 2.75) is 20.4 Å². The van der Waals surface area contributed by atoms with Gasteiger partial charge in [0.15, 0.2) is 0 Å². The molecule has 0 aliphatic heterocycles. The molecule has 1 rings (SSSR count). The summed E-state index contributed by atoms with van der Waals surface area (Å²) in [6, 6.07) is 6.02. The monoisotopic (exact) mass is 226 g/mol. The quantitative estimate of drug-likeness (QED) is 0.728. The van der Waals surface area contributed by atoms with Gasteiger partial charge < -0.3 is 10.6 Å². The van der Waals surface area contributed by atoms with Gasteiger partial charge in [-0.15, -0.1) is 0 Å². The van der Waals surface area contributed by atoms with Gasteiger partial charge in [-0.2, -0.15) is 0 Å². The van der Waals surface area contributed by atoms with Crippen molar-refractivity contribution >= 4 is 11.6 Å². The van der Waals surface area contributed by atoms with E-state index in [0.717, 1.165) is 31.2 Å². The molecular formula is C12H19ClN2. The Hall–Kier alpha value is -0.570. The first-order valence-corrected chi connectivity index (χ1v) is 5.78. The number of likely N-dealkylation sites (N-methyl/N-ethyl adjacent to an activating group) is 1. The highest BCUT2D eigenvalue weighted by molar-refractivity contribution is 6.30. The number of hydrogen-bond donors (Lipinski definition) is 2. The third kappa shape index (κ3) is 4.65. The number of rotatable bonds is 6. The Morgan fingerprint density at radius 2 is 1.93 bits per heavy atom. The van der Waals surface area contributed by atoms with Gasteiger partial charge in [0.05, 0.1) is 0 Å². The van der Waals surface area contributed by atoms with Crippen molar-refractivity contribution in [2.24, 2.45) is 0 Å². The average molecular weight is 227 g/mol. The summed E-state index contributed by atoms with van der Waals surface area (Å²) in [6.45, 7) is 8.16. The van der Waals surface area contributed by atoms with E-state index >= 15 is 0 Å². The molecule has 0 bridgehead atoms. The Labute approximate surface area is 97.0 Å². The molecule has 15 heavy (non-hydrogen) atoms. The van der Waals surface area contributed by atoms with E-state index in [4.69, 9.17) is 11.6 Å². The zero-order chi connectivity index (χ0) is 11.1. The lowest BCUT2D eigenvalue weighted by atomic mass is 10.1. The maximum absolute atomic E-state index is 5.89. The zero-order valence-electron chi connectivity index (χ0n) is 9.44. The molecule has 0 unspecified atom stereocenters. The number of nitrogens with one attached hydrogen (secondary N) is 2. The molecule has 0 saturated heterocycles. The van der Waals surface area contributed by atoms with E-state index in [0.29, 0.717) is 0 Å². The lowest BCUT2D eigenvalue weighted by molar-refractivity contribution is 0.624. The van der Waals surface area contributed by atoms with Gasteiger partial charge in [0, 0.05) is 24.7 Å². The van der Waals surface area contributed by atoms with Crippen LogP contribution < -0.4 is 10.6 Å². The molecule has 0 spiro atoms. The van der Waals surface area contributed by atoms with Crippen LogP contribution in [-0.4, -0.2) is 19.6 Å². The Bertz CT molecular complexity index is 300. The molecule has 2 N–H and O–H groups in total. The van der Waals surface area contributed by atoms with Gasteiger partial charge in [-0.05, 0) is 36.7 Å². The van der Waals surface area contributed by atoms with E-state index in [1.54, 1.807) is 0 Å². The van der Waals surface area contributed by atoms with Crippen molar-refractivity contribution in [3.05, 3.63) is 34.3 Å². The average Bonchev–Trinajstić information content (AvgIpc) is 2.20. The van der Waals surface area contributed by atoms with E-state index in [1.807, 2.05) is 12.1 Å². The number of hydrogen-bond acceptors (Lipinski definition) is 2. The predicted octanol–water partition coefficient (Wildman–Crippen LogP) is 2.35. The standard InChI is InChI=1S/C12H19ClN2/c1-3-14-6-7-15-9-11-4-5-12(13)8-10(11)2/h4-5,8,14-15H,3,6-7,9H2,1-2H3. The van der Waals surface area contributed by atoms with E-state index in [2.05, 4.69) is 30.5 Å². The van der Waals surface area contributed by atoms with E-state index < -0.39 is 0 Å². The molecule has 0 aliphatic carbocycles. The molecule has 2 nitrogen and oxygen atoms in total. The molecule has 0 saturated carbocycles. The first-order chi connectivity index (χ1) is 7.24. The number of halogens is 1. The minimum atomic E-state index is 0.809. The van der Waals surface area contributed by atoms with Crippen molar-refractivity contribution in [1.82, 2.24) is 10.6 Å². The summed E-state index contributed by atoms with van der Waals surface area (Å²) in [6.07, 6.45) is 0. The molecule has 84 valence electrons. The van der Waals surface area contributed by atoms with Crippen molar-refractivity contribution < 1.29 is 0 Å². The molecule has 0 atom stereocenters. The highest BCUT2D eigenvalue weighted by Crippen LogP contribution is 2.14. The maximum atomic E-state index is 5.89. The van der Waals surface area contributed by atoms with E-state index in [1.165, 1.54) is 11.1 Å². The Morgan fingerprint density at radius 1 is 1.20 bits per heavy atom. The summed E-state index contributed by atoms with van der Waals surface area (Å²) in [5.41, 5.74) is 2.56. The predicted molar refractivity (Wildman–Crippen MR) is 66.4 cm³/mol. The highest BCUT2D eigenvalue weighted by atomic mass is 35.5.